The van der Waals surface area contributed by atoms with E-state index < -0.39 is 18.2 Å². The first-order chi connectivity index (χ1) is 10.1. The van der Waals surface area contributed by atoms with Crippen LogP contribution in [0.25, 0.3) is 0 Å². The minimum absolute atomic E-state index is 0. The smallest absolute Gasteiger partial charge is 0.790 e. The van der Waals surface area contributed by atoms with Gasteiger partial charge in [0.1, 0.15) is 0 Å². The van der Waals surface area contributed by atoms with Crippen LogP contribution in [0.2, 0.25) is 0 Å². The van der Waals surface area contributed by atoms with Crippen molar-refractivity contribution in [3.05, 3.63) is 0 Å². The number of rotatable bonds is 12. The Bertz CT molecular complexity index is 387. The van der Waals surface area contributed by atoms with E-state index in [1.54, 1.807) is 0 Å². The summed E-state index contributed by atoms with van der Waals surface area (Å²) in [7, 11) is -9.62. The fourth-order valence-electron chi connectivity index (χ4n) is 1.75. The molecule has 15 heteroatoms. The summed E-state index contributed by atoms with van der Waals surface area (Å²) in [5.41, 5.74) is 0. The van der Waals surface area contributed by atoms with Crippen molar-refractivity contribution >= 4 is 18.2 Å². The minimum Gasteiger partial charge on any atom is -0.790 e. The van der Waals surface area contributed by atoms with Gasteiger partial charge in [-0.25, -0.2) is 8.42 Å². The SMILES string of the molecule is CCCCCCCCCCCCOS(=O)(=O)[O-].O.O.O=P([O-])([O-])O.[Na+].[Na+].[Na+]. The molecule has 0 spiro atoms. The first-order valence-corrected chi connectivity index (χ1v) is 10.2. The van der Waals surface area contributed by atoms with Crippen LogP contribution < -0.4 is 98.5 Å². The summed E-state index contributed by atoms with van der Waals surface area (Å²) in [5, 5.41) is 0. The van der Waals surface area contributed by atoms with Crippen molar-refractivity contribution in [1.29, 1.82) is 0 Å². The molecule has 0 unspecified atom stereocenters. The van der Waals surface area contributed by atoms with Gasteiger partial charge in [0, 0.05) is 0 Å². The molecule has 0 fully saturated rings. The molecular formula is C12H30Na3O10PS. The van der Waals surface area contributed by atoms with Crippen LogP contribution in [-0.2, 0) is 19.1 Å². The van der Waals surface area contributed by atoms with Crippen molar-refractivity contribution in [3.63, 3.8) is 0 Å². The normalized spacial score (nSPS) is 9.67. The van der Waals surface area contributed by atoms with Crippen LogP contribution in [0.4, 0.5) is 0 Å². The summed E-state index contributed by atoms with van der Waals surface area (Å²) in [6, 6.07) is 0. The first-order valence-electron chi connectivity index (χ1n) is 7.41. The molecule has 0 aromatic rings. The summed E-state index contributed by atoms with van der Waals surface area (Å²) >= 11 is 0. The van der Waals surface area contributed by atoms with E-state index in [-0.39, 0.29) is 106 Å². The molecule has 0 aliphatic heterocycles. The molecule has 10 nitrogen and oxygen atoms in total. The van der Waals surface area contributed by atoms with Gasteiger partial charge in [0.15, 0.2) is 0 Å². The van der Waals surface area contributed by atoms with Crippen LogP contribution in [-0.4, -0.2) is 35.4 Å². The number of hydrogen-bond donors (Lipinski definition) is 1. The third-order valence-electron chi connectivity index (χ3n) is 2.73. The molecule has 0 heterocycles. The number of phosphoric acid groups is 1. The molecule has 5 N–H and O–H groups in total. The van der Waals surface area contributed by atoms with Gasteiger partial charge in [0.25, 0.3) is 0 Å². The van der Waals surface area contributed by atoms with Crippen molar-refractivity contribution in [2.24, 2.45) is 0 Å². The molecular weight excluding hydrogens is 436 g/mol. The van der Waals surface area contributed by atoms with Crippen molar-refractivity contribution in [1.82, 2.24) is 0 Å². The quantitative estimate of drug-likeness (QED) is 0.0956. The van der Waals surface area contributed by atoms with Gasteiger partial charge in [-0.1, -0.05) is 64.7 Å². The van der Waals surface area contributed by atoms with E-state index >= 15 is 0 Å². The first kappa shape index (κ1) is 47.6. The fraction of sp³-hybridized carbons (Fsp3) is 1.00. The summed E-state index contributed by atoms with van der Waals surface area (Å²) < 4.78 is 43.1. The van der Waals surface area contributed by atoms with Gasteiger partial charge in [0.05, 0.1) is 14.4 Å². The van der Waals surface area contributed by atoms with Crippen molar-refractivity contribution in [2.75, 3.05) is 6.61 Å². The van der Waals surface area contributed by atoms with Crippen LogP contribution in [0.15, 0.2) is 0 Å². The molecule has 0 aromatic heterocycles. The molecule has 0 rings (SSSR count). The Morgan fingerprint density at radius 2 is 1.07 bits per heavy atom. The summed E-state index contributed by atoms with van der Waals surface area (Å²) in [6.45, 7) is 2.24. The molecule has 0 atom stereocenters. The van der Waals surface area contributed by atoms with Crippen molar-refractivity contribution in [2.45, 2.75) is 71.1 Å². The van der Waals surface area contributed by atoms with Gasteiger partial charge in [-0.15, -0.1) is 0 Å². The Morgan fingerprint density at radius 1 is 0.815 bits per heavy atom. The minimum atomic E-state index is -5.14. The predicted octanol–water partition coefficient (Wildman–Crippen LogP) is -9.45. The molecule has 0 radical (unpaired) electrons. The molecule has 152 valence electrons. The van der Waals surface area contributed by atoms with Gasteiger partial charge in [-0.2, -0.15) is 0 Å². The standard InChI is InChI=1S/C12H26O4S.3Na.H3O4P.2H2O/c1-2-3-4-5-6-7-8-9-10-11-12-16-17(13,14)15;;;;1-5(2,3)4;;/h2-12H2,1H3,(H,13,14,15);;;;(H3,1,2,3,4);2*1H2/q;3*+1;;;/p-3. The summed E-state index contributed by atoms with van der Waals surface area (Å²) in [5.74, 6) is 0. The average Bonchev–Trinajstić information content (AvgIpc) is 2.32. The van der Waals surface area contributed by atoms with Crippen molar-refractivity contribution in [3.8, 4) is 0 Å². The second-order valence-corrected chi connectivity index (χ2v) is 6.87. The van der Waals surface area contributed by atoms with Crippen LogP contribution in [0.5, 0.6) is 0 Å². The maximum atomic E-state index is 10.1. The number of hydrogen-bond acceptors (Lipinski definition) is 7. The Kier molecular flexibility index (Phi) is 54.8. The molecule has 0 bridgehead atoms. The van der Waals surface area contributed by atoms with Gasteiger partial charge in [-0.3, -0.25) is 4.18 Å². The van der Waals surface area contributed by atoms with E-state index in [1.807, 2.05) is 0 Å². The Balaban J connectivity index is -0.0000000713. The molecule has 27 heavy (non-hydrogen) atoms. The van der Waals surface area contributed by atoms with Crippen LogP contribution >= 0.6 is 7.82 Å². The summed E-state index contributed by atoms with van der Waals surface area (Å²) in [4.78, 5) is 24.3. The molecule has 0 aliphatic carbocycles. The van der Waals surface area contributed by atoms with Gasteiger partial charge < -0.3 is 34.8 Å². The molecule has 0 amide bonds. The van der Waals surface area contributed by atoms with Crippen molar-refractivity contribution < 1.29 is 136 Å². The molecule has 0 aliphatic rings. The zero-order valence-electron chi connectivity index (χ0n) is 16.9. The van der Waals surface area contributed by atoms with Crippen LogP contribution in [0, 0.1) is 0 Å². The Hall–Kier alpha value is 2.90. The van der Waals surface area contributed by atoms with E-state index in [0.29, 0.717) is 6.42 Å². The van der Waals surface area contributed by atoms with E-state index in [1.165, 1.54) is 44.9 Å². The number of unbranched alkanes of at least 4 members (excludes halogenated alkanes) is 9. The van der Waals surface area contributed by atoms with E-state index in [0.717, 1.165) is 12.8 Å². The maximum absolute atomic E-state index is 10.1. The third kappa shape index (κ3) is 73.2. The molecule has 0 saturated heterocycles. The monoisotopic (exact) mass is 466 g/mol. The van der Waals surface area contributed by atoms with Gasteiger partial charge >= 0.3 is 88.7 Å². The van der Waals surface area contributed by atoms with Gasteiger partial charge in [0.2, 0.25) is 10.4 Å². The second-order valence-electron chi connectivity index (χ2n) is 4.88. The van der Waals surface area contributed by atoms with Crippen LogP contribution in [0.1, 0.15) is 71.1 Å². The average molecular weight is 466 g/mol. The Labute approximate surface area is 229 Å². The third-order valence-corrected chi connectivity index (χ3v) is 3.18. The predicted molar refractivity (Wildman–Crippen MR) is 84.5 cm³/mol. The largest absolute Gasteiger partial charge is 1.00 e. The van der Waals surface area contributed by atoms with E-state index in [2.05, 4.69) is 11.1 Å². The van der Waals surface area contributed by atoms with E-state index in [9.17, 15) is 13.0 Å². The zero-order valence-corrected chi connectivity index (χ0v) is 24.6. The molecule has 0 aromatic carbocycles. The van der Waals surface area contributed by atoms with Gasteiger partial charge in [-0.05, 0) is 6.42 Å². The molecule has 0 saturated carbocycles. The Morgan fingerprint density at radius 3 is 1.33 bits per heavy atom. The second kappa shape index (κ2) is 31.1. The fourth-order valence-corrected chi connectivity index (χ4v) is 2.07. The van der Waals surface area contributed by atoms with E-state index in [4.69, 9.17) is 19.2 Å². The maximum Gasteiger partial charge on any atom is 1.00 e. The zero-order chi connectivity index (χ0) is 17.5. The van der Waals surface area contributed by atoms with Crippen LogP contribution in [0.3, 0.4) is 0 Å². The topological polar surface area (TPSA) is 213 Å². The summed E-state index contributed by atoms with van der Waals surface area (Å²) in [6.07, 6.45) is 11.7.